The lowest BCUT2D eigenvalue weighted by Crippen LogP contribution is -2.54. The largest absolute Gasteiger partial charge is 0.481 e. The summed E-state index contributed by atoms with van der Waals surface area (Å²) in [6, 6.07) is -0.0476. The summed E-state index contributed by atoms with van der Waals surface area (Å²) in [5.41, 5.74) is -0.822. The minimum absolute atomic E-state index is 0.0476. The van der Waals surface area contributed by atoms with Gasteiger partial charge in [0.15, 0.2) is 0 Å². The highest BCUT2D eigenvalue weighted by Gasteiger charge is 2.40. The summed E-state index contributed by atoms with van der Waals surface area (Å²) >= 11 is 0. The minimum atomic E-state index is -0.825. The molecular formula is C14H24N2O4. The number of aliphatic hydroxyl groups is 1. The molecule has 2 saturated heterocycles. The number of likely N-dealkylation sites (tertiary alicyclic amines) is 2. The Labute approximate surface area is 119 Å². The molecule has 2 aliphatic rings. The molecule has 0 spiro atoms. The highest BCUT2D eigenvalue weighted by atomic mass is 16.4. The van der Waals surface area contributed by atoms with Crippen LogP contribution in [0.2, 0.25) is 0 Å². The first-order valence-electron chi connectivity index (χ1n) is 7.34. The van der Waals surface area contributed by atoms with Gasteiger partial charge >= 0.3 is 12.0 Å². The van der Waals surface area contributed by atoms with Crippen molar-refractivity contribution in [2.75, 3.05) is 32.8 Å². The SMILES string of the molecule is CC1(C(=O)O)CCCN(C(=O)N2CCC(CO)CC2)C1. The summed E-state index contributed by atoms with van der Waals surface area (Å²) in [5.74, 6) is -0.529. The van der Waals surface area contributed by atoms with Gasteiger partial charge in [-0.3, -0.25) is 4.79 Å². The molecule has 0 aromatic carbocycles. The van der Waals surface area contributed by atoms with Crippen molar-refractivity contribution in [3.05, 3.63) is 0 Å². The van der Waals surface area contributed by atoms with Crippen LogP contribution in [0.25, 0.3) is 0 Å². The van der Waals surface area contributed by atoms with Crippen molar-refractivity contribution in [2.45, 2.75) is 32.6 Å². The van der Waals surface area contributed by atoms with Gasteiger partial charge in [0.25, 0.3) is 0 Å². The van der Waals surface area contributed by atoms with Crippen LogP contribution in [-0.4, -0.2) is 64.8 Å². The van der Waals surface area contributed by atoms with E-state index >= 15 is 0 Å². The van der Waals surface area contributed by atoms with E-state index in [0.717, 1.165) is 19.3 Å². The van der Waals surface area contributed by atoms with E-state index in [2.05, 4.69) is 0 Å². The van der Waals surface area contributed by atoms with E-state index in [4.69, 9.17) is 5.11 Å². The number of aliphatic hydroxyl groups excluding tert-OH is 1. The summed E-state index contributed by atoms with van der Waals surface area (Å²) in [4.78, 5) is 27.2. The van der Waals surface area contributed by atoms with Gasteiger partial charge in [-0.05, 0) is 38.5 Å². The molecule has 2 fully saturated rings. The van der Waals surface area contributed by atoms with E-state index in [-0.39, 0.29) is 12.6 Å². The van der Waals surface area contributed by atoms with Crippen molar-refractivity contribution in [2.24, 2.45) is 11.3 Å². The van der Waals surface area contributed by atoms with E-state index in [9.17, 15) is 14.7 Å². The van der Waals surface area contributed by atoms with Crippen LogP contribution in [0.15, 0.2) is 0 Å². The van der Waals surface area contributed by atoms with Crippen LogP contribution in [0.3, 0.4) is 0 Å². The third-order valence-electron chi connectivity index (χ3n) is 4.63. The van der Waals surface area contributed by atoms with Crippen LogP contribution in [0.4, 0.5) is 4.79 Å². The number of urea groups is 1. The Morgan fingerprint density at radius 2 is 1.85 bits per heavy atom. The van der Waals surface area contributed by atoms with Crippen LogP contribution in [0, 0.1) is 11.3 Å². The molecule has 1 unspecified atom stereocenters. The topological polar surface area (TPSA) is 81.1 Å². The molecule has 20 heavy (non-hydrogen) atoms. The molecule has 0 aliphatic carbocycles. The van der Waals surface area contributed by atoms with Gasteiger partial charge < -0.3 is 20.0 Å². The second kappa shape index (κ2) is 5.99. The summed E-state index contributed by atoms with van der Waals surface area (Å²) in [6.07, 6.45) is 3.01. The molecule has 0 radical (unpaired) electrons. The number of rotatable bonds is 2. The highest BCUT2D eigenvalue weighted by molar-refractivity contribution is 5.78. The highest BCUT2D eigenvalue weighted by Crippen LogP contribution is 2.30. The first-order chi connectivity index (χ1) is 9.46. The van der Waals surface area contributed by atoms with E-state index in [1.807, 2.05) is 0 Å². The number of hydrogen-bond donors (Lipinski definition) is 2. The lowest BCUT2D eigenvalue weighted by molar-refractivity contribution is -0.150. The predicted octanol–water partition coefficient (Wildman–Crippen LogP) is 0.997. The van der Waals surface area contributed by atoms with Crippen LogP contribution in [0.5, 0.6) is 0 Å². The first kappa shape index (κ1) is 15.1. The van der Waals surface area contributed by atoms with Gasteiger partial charge in [0.1, 0.15) is 0 Å². The molecule has 1 atom stereocenters. The number of hydrogen-bond acceptors (Lipinski definition) is 3. The molecule has 6 nitrogen and oxygen atoms in total. The maximum absolute atomic E-state index is 12.5. The van der Waals surface area contributed by atoms with Gasteiger partial charge in [-0.2, -0.15) is 0 Å². The fraction of sp³-hybridized carbons (Fsp3) is 0.857. The third-order valence-corrected chi connectivity index (χ3v) is 4.63. The quantitative estimate of drug-likeness (QED) is 0.792. The molecule has 2 heterocycles. The minimum Gasteiger partial charge on any atom is -0.481 e. The summed E-state index contributed by atoms with van der Waals surface area (Å²) < 4.78 is 0. The van der Waals surface area contributed by atoms with Gasteiger partial charge in [0, 0.05) is 32.8 Å². The molecule has 0 saturated carbocycles. The van der Waals surface area contributed by atoms with Crippen molar-refractivity contribution in [3.8, 4) is 0 Å². The number of aliphatic carboxylic acids is 1. The number of amides is 2. The zero-order chi connectivity index (χ0) is 14.8. The second-order valence-electron chi connectivity index (χ2n) is 6.29. The zero-order valence-electron chi connectivity index (χ0n) is 12.0. The molecule has 2 rings (SSSR count). The van der Waals surface area contributed by atoms with E-state index in [1.165, 1.54) is 0 Å². The zero-order valence-corrected chi connectivity index (χ0v) is 12.0. The molecule has 2 amide bonds. The van der Waals surface area contributed by atoms with Crippen molar-refractivity contribution in [3.63, 3.8) is 0 Å². The van der Waals surface area contributed by atoms with E-state index in [1.54, 1.807) is 16.7 Å². The Balaban J connectivity index is 1.94. The van der Waals surface area contributed by atoms with Crippen molar-refractivity contribution in [1.29, 1.82) is 0 Å². The fourth-order valence-corrected chi connectivity index (χ4v) is 3.08. The molecule has 2 aliphatic heterocycles. The van der Waals surface area contributed by atoms with Gasteiger partial charge in [-0.25, -0.2) is 4.79 Å². The molecule has 0 aromatic heterocycles. The lowest BCUT2D eigenvalue weighted by Gasteiger charge is -2.41. The molecule has 114 valence electrons. The summed E-state index contributed by atoms with van der Waals surface area (Å²) in [7, 11) is 0. The van der Waals surface area contributed by atoms with Crippen LogP contribution < -0.4 is 0 Å². The number of carboxylic acid groups (broad SMARTS) is 1. The number of carbonyl (C=O) groups is 2. The maximum Gasteiger partial charge on any atom is 0.320 e. The fourth-order valence-electron chi connectivity index (χ4n) is 3.08. The smallest absolute Gasteiger partial charge is 0.320 e. The lowest BCUT2D eigenvalue weighted by atomic mass is 9.82. The van der Waals surface area contributed by atoms with Gasteiger partial charge in [0.2, 0.25) is 0 Å². The van der Waals surface area contributed by atoms with E-state index in [0.29, 0.717) is 38.5 Å². The van der Waals surface area contributed by atoms with Crippen molar-refractivity contribution in [1.82, 2.24) is 9.80 Å². The molecule has 0 aromatic rings. The molecule has 2 N–H and O–H groups in total. The van der Waals surface area contributed by atoms with E-state index < -0.39 is 11.4 Å². The summed E-state index contributed by atoms with van der Waals surface area (Å²) in [5, 5.41) is 18.4. The molecule has 0 bridgehead atoms. The monoisotopic (exact) mass is 284 g/mol. The normalized spacial score (nSPS) is 28.5. The average molecular weight is 284 g/mol. The van der Waals surface area contributed by atoms with Gasteiger partial charge in [0.05, 0.1) is 5.41 Å². The maximum atomic E-state index is 12.5. The number of piperidine rings is 2. The third kappa shape index (κ3) is 3.06. The van der Waals surface area contributed by atoms with Crippen LogP contribution in [0.1, 0.15) is 32.6 Å². The van der Waals surface area contributed by atoms with Crippen LogP contribution in [-0.2, 0) is 4.79 Å². The Kier molecular flexibility index (Phi) is 4.52. The number of carboxylic acids is 1. The van der Waals surface area contributed by atoms with Gasteiger partial charge in [-0.1, -0.05) is 0 Å². The Hall–Kier alpha value is -1.30. The second-order valence-corrected chi connectivity index (χ2v) is 6.29. The number of carbonyl (C=O) groups excluding carboxylic acids is 1. The Bertz CT molecular complexity index is 379. The Morgan fingerprint density at radius 1 is 1.20 bits per heavy atom. The average Bonchev–Trinajstić information content (AvgIpc) is 2.46. The standard InChI is InChI=1S/C14H24N2O4/c1-14(12(18)19)5-2-6-16(10-14)13(20)15-7-3-11(9-17)4-8-15/h11,17H,2-10H2,1H3,(H,18,19). The molecule has 6 heteroatoms. The molecular weight excluding hydrogens is 260 g/mol. The number of nitrogens with zero attached hydrogens (tertiary/aromatic N) is 2. The Morgan fingerprint density at radius 3 is 2.40 bits per heavy atom. The van der Waals surface area contributed by atoms with Gasteiger partial charge in [-0.15, -0.1) is 0 Å². The van der Waals surface area contributed by atoms with Crippen molar-refractivity contribution >= 4 is 12.0 Å². The van der Waals surface area contributed by atoms with Crippen LogP contribution >= 0.6 is 0 Å². The summed E-state index contributed by atoms with van der Waals surface area (Å²) in [6.45, 7) is 4.15. The van der Waals surface area contributed by atoms with Crippen molar-refractivity contribution < 1.29 is 19.8 Å². The predicted molar refractivity (Wildman–Crippen MR) is 73.3 cm³/mol. The first-order valence-corrected chi connectivity index (χ1v) is 7.34.